The van der Waals surface area contributed by atoms with Crippen molar-refractivity contribution in [2.24, 2.45) is 5.92 Å². The molecule has 0 amide bonds. The second kappa shape index (κ2) is 15.1. The molecule has 2 aromatic rings. The standard InChI is InChI=1S/C31H44N2O4/c1-2-3-8-16-28-29(37-28)31(34)36-26-19-17-25(18-20-26)30-32-22-27(23-33-30)35-21-12-7-5-4-6-9-13-24-14-10-11-15-24/h17-20,22-24,28-29H,2-16,21H2,1H3/t28-,29+/m0/s1. The van der Waals surface area contributed by atoms with Gasteiger partial charge in [-0.1, -0.05) is 90.4 Å². The molecular formula is C31H44N2O4. The lowest BCUT2D eigenvalue weighted by Crippen LogP contribution is -2.17. The van der Waals surface area contributed by atoms with Crippen LogP contribution in [0.15, 0.2) is 36.7 Å². The number of nitrogens with zero attached hydrogens (tertiary/aromatic N) is 2. The summed E-state index contributed by atoms with van der Waals surface area (Å²) in [5.41, 5.74) is 0.861. The fourth-order valence-electron chi connectivity index (χ4n) is 5.28. The Labute approximate surface area is 222 Å². The Morgan fingerprint density at radius 3 is 2.27 bits per heavy atom. The lowest BCUT2D eigenvalue weighted by atomic mass is 9.99. The van der Waals surface area contributed by atoms with Gasteiger partial charge in [0.15, 0.2) is 17.7 Å². The number of unbranched alkanes of at least 4 members (excludes halogenated alkanes) is 7. The van der Waals surface area contributed by atoms with Crippen molar-refractivity contribution in [3.63, 3.8) is 0 Å². The minimum atomic E-state index is -0.418. The normalized spacial score (nSPS) is 19.2. The van der Waals surface area contributed by atoms with E-state index in [1.807, 2.05) is 12.1 Å². The summed E-state index contributed by atoms with van der Waals surface area (Å²) in [6.07, 6.45) is 22.4. The van der Waals surface area contributed by atoms with E-state index in [1.165, 1.54) is 70.6 Å². The molecule has 0 N–H and O–H groups in total. The van der Waals surface area contributed by atoms with Crippen LogP contribution in [0.2, 0.25) is 0 Å². The van der Waals surface area contributed by atoms with E-state index < -0.39 is 6.10 Å². The van der Waals surface area contributed by atoms with E-state index in [2.05, 4.69) is 16.9 Å². The minimum absolute atomic E-state index is 0.0171. The van der Waals surface area contributed by atoms with Crippen LogP contribution >= 0.6 is 0 Å². The molecule has 2 aliphatic rings. The topological polar surface area (TPSA) is 73.8 Å². The van der Waals surface area contributed by atoms with Crippen molar-refractivity contribution in [1.29, 1.82) is 0 Å². The fourth-order valence-corrected chi connectivity index (χ4v) is 5.28. The van der Waals surface area contributed by atoms with Crippen LogP contribution in [0.5, 0.6) is 11.5 Å². The predicted molar refractivity (Wildman–Crippen MR) is 146 cm³/mol. The van der Waals surface area contributed by atoms with Crippen LogP contribution in [-0.4, -0.2) is 34.8 Å². The third-order valence-electron chi connectivity index (χ3n) is 7.62. The summed E-state index contributed by atoms with van der Waals surface area (Å²) < 4.78 is 16.8. The summed E-state index contributed by atoms with van der Waals surface area (Å²) in [4.78, 5) is 21.1. The zero-order valence-electron chi connectivity index (χ0n) is 22.5. The summed E-state index contributed by atoms with van der Waals surface area (Å²) >= 11 is 0. The van der Waals surface area contributed by atoms with Crippen LogP contribution in [0.1, 0.15) is 103 Å². The fraction of sp³-hybridized carbons (Fsp3) is 0.645. The van der Waals surface area contributed by atoms with E-state index in [9.17, 15) is 4.79 Å². The molecule has 1 aliphatic heterocycles. The summed E-state index contributed by atoms with van der Waals surface area (Å²) in [6.45, 7) is 2.87. The van der Waals surface area contributed by atoms with Gasteiger partial charge in [-0.2, -0.15) is 0 Å². The van der Waals surface area contributed by atoms with Gasteiger partial charge in [-0.05, 0) is 43.0 Å². The maximum absolute atomic E-state index is 12.3. The zero-order valence-corrected chi connectivity index (χ0v) is 22.5. The van der Waals surface area contributed by atoms with Gasteiger partial charge in [0.05, 0.1) is 25.1 Å². The second-order valence-corrected chi connectivity index (χ2v) is 10.7. The molecule has 0 radical (unpaired) electrons. The Balaban J connectivity index is 1.08. The van der Waals surface area contributed by atoms with Gasteiger partial charge in [-0.3, -0.25) is 0 Å². The Morgan fingerprint density at radius 2 is 1.54 bits per heavy atom. The number of carbonyl (C=O) groups is 1. The molecule has 4 rings (SSSR count). The van der Waals surface area contributed by atoms with Crippen molar-refractivity contribution < 1.29 is 19.0 Å². The Morgan fingerprint density at radius 1 is 0.865 bits per heavy atom. The zero-order chi connectivity index (χ0) is 25.7. The molecule has 0 spiro atoms. The van der Waals surface area contributed by atoms with Crippen molar-refractivity contribution in [3.05, 3.63) is 36.7 Å². The number of epoxide rings is 1. The van der Waals surface area contributed by atoms with Gasteiger partial charge in [-0.15, -0.1) is 0 Å². The van der Waals surface area contributed by atoms with E-state index in [0.717, 1.165) is 37.2 Å². The number of aromatic nitrogens is 2. The van der Waals surface area contributed by atoms with Crippen LogP contribution in [0.3, 0.4) is 0 Å². The summed E-state index contributed by atoms with van der Waals surface area (Å²) in [5, 5.41) is 0. The second-order valence-electron chi connectivity index (χ2n) is 10.7. The Bertz CT molecular complexity index is 925. The van der Waals surface area contributed by atoms with Gasteiger partial charge in [0.1, 0.15) is 5.75 Å². The highest BCUT2D eigenvalue weighted by Gasteiger charge is 2.45. The lowest BCUT2D eigenvalue weighted by Gasteiger charge is -2.08. The van der Waals surface area contributed by atoms with Crippen molar-refractivity contribution >= 4 is 5.97 Å². The predicted octanol–water partition coefficient (Wildman–Crippen LogP) is 7.70. The maximum atomic E-state index is 12.3. The van der Waals surface area contributed by atoms with Gasteiger partial charge < -0.3 is 14.2 Å². The van der Waals surface area contributed by atoms with E-state index in [4.69, 9.17) is 14.2 Å². The number of rotatable bonds is 17. The average molecular weight is 509 g/mol. The molecule has 2 fully saturated rings. The van der Waals surface area contributed by atoms with Gasteiger partial charge in [0.25, 0.3) is 0 Å². The largest absolute Gasteiger partial charge is 0.490 e. The van der Waals surface area contributed by atoms with Crippen LogP contribution in [-0.2, 0) is 9.53 Å². The third kappa shape index (κ3) is 9.41. The third-order valence-corrected chi connectivity index (χ3v) is 7.62. The number of esters is 1. The number of hydrogen-bond donors (Lipinski definition) is 0. The molecule has 1 saturated carbocycles. The average Bonchev–Trinajstić information content (AvgIpc) is 3.51. The first-order chi connectivity index (χ1) is 18.2. The van der Waals surface area contributed by atoms with Crippen molar-refractivity contribution in [2.75, 3.05) is 6.61 Å². The monoisotopic (exact) mass is 508 g/mol. The van der Waals surface area contributed by atoms with Crippen molar-refractivity contribution in [2.45, 2.75) is 115 Å². The van der Waals surface area contributed by atoms with Gasteiger partial charge in [-0.25, -0.2) is 14.8 Å². The highest BCUT2D eigenvalue weighted by Crippen LogP contribution is 2.30. The molecule has 202 valence electrons. The molecule has 1 saturated heterocycles. The smallest absolute Gasteiger partial charge is 0.343 e. The highest BCUT2D eigenvalue weighted by molar-refractivity contribution is 5.80. The lowest BCUT2D eigenvalue weighted by molar-refractivity contribution is -0.135. The number of ether oxygens (including phenoxy) is 3. The molecule has 37 heavy (non-hydrogen) atoms. The van der Waals surface area contributed by atoms with E-state index in [0.29, 0.717) is 23.9 Å². The number of carbonyl (C=O) groups excluding carboxylic acids is 1. The van der Waals surface area contributed by atoms with Crippen molar-refractivity contribution in [3.8, 4) is 22.9 Å². The van der Waals surface area contributed by atoms with Crippen LogP contribution < -0.4 is 9.47 Å². The van der Waals surface area contributed by atoms with E-state index >= 15 is 0 Å². The molecule has 1 aliphatic carbocycles. The Hall–Kier alpha value is -2.47. The summed E-state index contributed by atoms with van der Waals surface area (Å²) in [7, 11) is 0. The quantitative estimate of drug-likeness (QED) is 0.0943. The van der Waals surface area contributed by atoms with Crippen molar-refractivity contribution in [1.82, 2.24) is 9.97 Å². The minimum Gasteiger partial charge on any atom is -0.490 e. The van der Waals surface area contributed by atoms with Gasteiger partial charge >= 0.3 is 5.97 Å². The molecule has 0 bridgehead atoms. The molecule has 2 heterocycles. The van der Waals surface area contributed by atoms with E-state index in [-0.39, 0.29) is 12.1 Å². The van der Waals surface area contributed by atoms with E-state index in [1.54, 1.807) is 24.5 Å². The van der Waals surface area contributed by atoms with Gasteiger partial charge in [0.2, 0.25) is 0 Å². The molecular weight excluding hydrogens is 464 g/mol. The first kappa shape index (κ1) is 27.6. The maximum Gasteiger partial charge on any atom is 0.343 e. The van der Waals surface area contributed by atoms with Crippen LogP contribution in [0.25, 0.3) is 11.4 Å². The highest BCUT2D eigenvalue weighted by atomic mass is 16.6. The van der Waals surface area contributed by atoms with Gasteiger partial charge in [0, 0.05) is 5.56 Å². The van der Waals surface area contributed by atoms with Crippen LogP contribution in [0, 0.1) is 5.92 Å². The Kier molecular flexibility index (Phi) is 11.2. The SMILES string of the molecule is CCCCC[C@@H]1O[C@H]1C(=O)Oc1ccc(-c2ncc(OCCCCCCCCC3CCCC3)cn2)cc1. The molecule has 2 atom stereocenters. The first-order valence-corrected chi connectivity index (χ1v) is 14.7. The molecule has 1 aromatic carbocycles. The summed E-state index contributed by atoms with van der Waals surface area (Å²) in [5.74, 6) is 2.53. The number of benzene rings is 1. The molecule has 6 heteroatoms. The number of hydrogen-bond acceptors (Lipinski definition) is 6. The summed E-state index contributed by atoms with van der Waals surface area (Å²) in [6, 6.07) is 7.26. The molecule has 0 unspecified atom stereocenters. The van der Waals surface area contributed by atoms with Crippen LogP contribution in [0.4, 0.5) is 0 Å². The molecule has 1 aromatic heterocycles. The first-order valence-electron chi connectivity index (χ1n) is 14.7. The molecule has 6 nitrogen and oxygen atoms in total.